The van der Waals surface area contributed by atoms with Gasteiger partial charge in [-0.25, -0.2) is 4.79 Å². The maximum Gasteiger partial charge on any atom is 0.357 e. The number of phenolic OH excluding ortho intramolecular Hbond substituents is 1. The molecule has 0 radical (unpaired) electrons. The van der Waals surface area contributed by atoms with Gasteiger partial charge in [-0.05, 0) is 29.3 Å². The molecule has 26 heavy (non-hydrogen) atoms. The molecule has 0 bridgehead atoms. The lowest BCUT2D eigenvalue weighted by atomic mass is 9.98. The number of aromatic hydroxyl groups is 1. The van der Waals surface area contributed by atoms with Crippen LogP contribution >= 0.6 is 11.6 Å². The number of aromatic carboxylic acids is 1. The van der Waals surface area contributed by atoms with Gasteiger partial charge in [-0.3, -0.25) is 5.10 Å². The quantitative estimate of drug-likeness (QED) is 0.480. The zero-order chi connectivity index (χ0) is 18.3. The third kappa shape index (κ3) is 2.68. The van der Waals surface area contributed by atoms with Gasteiger partial charge in [-0.15, -0.1) is 0 Å². The van der Waals surface area contributed by atoms with E-state index in [0.717, 1.165) is 16.7 Å². The van der Waals surface area contributed by atoms with Crippen molar-refractivity contribution in [3.63, 3.8) is 0 Å². The Morgan fingerprint density at radius 1 is 0.962 bits per heavy atom. The number of halogens is 1. The summed E-state index contributed by atoms with van der Waals surface area (Å²) in [5, 5.41) is 26.7. The Morgan fingerprint density at radius 2 is 1.62 bits per heavy atom. The van der Waals surface area contributed by atoms with Crippen LogP contribution in [0.3, 0.4) is 0 Å². The number of benzene rings is 3. The van der Waals surface area contributed by atoms with Gasteiger partial charge in [-0.2, -0.15) is 5.10 Å². The van der Waals surface area contributed by atoms with E-state index in [2.05, 4.69) is 10.2 Å². The van der Waals surface area contributed by atoms with Gasteiger partial charge in [0.1, 0.15) is 5.75 Å². The van der Waals surface area contributed by atoms with Gasteiger partial charge in [0.25, 0.3) is 0 Å². The second kappa shape index (κ2) is 6.20. The molecule has 0 aliphatic rings. The number of nitrogens with zero attached hydrogens (tertiary/aromatic N) is 1. The van der Waals surface area contributed by atoms with Gasteiger partial charge < -0.3 is 10.2 Å². The molecule has 6 heteroatoms. The molecular formula is C20H13ClN2O3. The number of carboxylic acids is 1. The molecule has 3 N–H and O–H groups in total. The summed E-state index contributed by atoms with van der Waals surface area (Å²) in [5.74, 6) is -0.886. The van der Waals surface area contributed by atoms with Crippen molar-refractivity contribution < 1.29 is 15.0 Å². The fraction of sp³-hybridized carbons (Fsp3) is 0. The normalized spacial score (nSPS) is 11.0. The third-order valence-corrected chi connectivity index (χ3v) is 4.58. The summed E-state index contributed by atoms with van der Waals surface area (Å²) < 4.78 is 0. The fourth-order valence-electron chi connectivity index (χ4n) is 2.97. The predicted octanol–water partition coefficient (Wildman–Crippen LogP) is 4.95. The highest BCUT2D eigenvalue weighted by molar-refractivity contribution is 6.34. The van der Waals surface area contributed by atoms with E-state index >= 15 is 0 Å². The molecule has 4 rings (SSSR count). The summed E-state index contributed by atoms with van der Waals surface area (Å²) in [6, 6.07) is 18.0. The lowest BCUT2D eigenvalue weighted by Gasteiger charge is -2.08. The van der Waals surface area contributed by atoms with Crippen LogP contribution in [0, 0.1) is 0 Å². The van der Waals surface area contributed by atoms with Crippen LogP contribution in [0.25, 0.3) is 33.2 Å². The smallest absolute Gasteiger partial charge is 0.357 e. The van der Waals surface area contributed by atoms with E-state index in [1.54, 1.807) is 24.3 Å². The average Bonchev–Trinajstić information content (AvgIpc) is 3.04. The van der Waals surface area contributed by atoms with E-state index in [4.69, 9.17) is 11.6 Å². The third-order valence-electron chi connectivity index (χ3n) is 4.26. The molecule has 0 aliphatic carbocycles. The first-order valence-electron chi connectivity index (χ1n) is 7.84. The van der Waals surface area contributed by atoms with Gasteiger partial charge >= 0.3 is 5.97 Å². The first-order valence-corrected chi connectivity index (χ1v) is 8.22. The van der Waals surface area contributed by atoms with Crippen LogP contribution in [0.2, 0.25) is 5.02 Å². The summed E-state index contributed by atoms with van der Waals surface area (Å²) in [7, 11) is 0. The number of hydrogen-bond acceptors (Lipinski definition) is 3. The average molecular weight is 365 g/mol. The Balaban J connectivity index is 1.80. The number of rotatable bonds is 3. The van der Waals surface area contributed by atoms with Crippen LogP contribution in [0.1, 0.15) is 10.5 Å². The maximum absolute atomic E-state index is 11.3. The number of nitrogens with one attached hydrogen (secondary N) is 1. The van der Waals surface area contributed by atoms with Gasteiger partial charge in [0.05, 0.1) is 10.5 Å². The number of aromatic nitrogens is 2. The molecule has 0 saturated heterocycles. The number of para-hydroxylation sites is 1. The molecule has 0 unspecified atom stereocenters. The number of H-pyrrole nitrogens is 1. The van der Waals surface area contributed by atoms with Crippen LogP contribution in [0.15, 0.2) is 60.7 Å². The lowest BCUT2D eigenvalue weighted by molar-refractivity contribution is 0.0692. The van der Waals surface area contributed by atoms with Crippen molar-refractivity contribution in [2.75, 3.05) is 0 Å². The molecule has 0 fully saturated rings. The highest BCUT2D eigenvalue weighted by Gasteiger charge is 2.16. The van der Waals surface area contributed by atoms with E-state index in [-0.39, 0.29) is 11.4 Å². The van der Waals surface area contributed by atoms with E-state index in [1.165, 1.54) is 0 Å². The fourth-order valence-corrected chi connectivity index (χ4v) is 3.24. The molecule has 3 aromatic carbocycles. The van der Waals surface area contributed by atoms with Gasteiger partial charge in [0, 0.05) is 16.5 Å². The Kier molecular flexibility index (Phi) is 3.86. The Bertz CT molecular complexity index is 1130. The minimum atomic E-state index is -1.10. The highest BCUT2D eigenvalue weighted by Crippen LogP contribution is 2.35. The van der Waals surface area contributed by atoms with Crippen LogP contribution in [0.5, 0.6) is 5.75 Å². The topological polar surface area (TPSA) is 86.2 Å². The summed E-state index contributed by atoms with van der Waals surface area (Å²) in [4.78, 5) is 11.3. The molecule has 0 atom stereocenters. The first-order chi connectivity index (χ1) is 12.5. The van der Waals surface area contributed by atoms with Crippen molar-refractivity contribution in [3.8, 4) is 28.0 Å². The Labute approximate surface area is 153 Å². The molecule has 0 aliphatic heterocycles. The van der Waals surface area contributed by atoms with Gasteiger partial charge in [0.15, 0.2) is 5.69 Å². The standard InChI is InChI=1S/C20H13ClN2O3/c21-16-10-17-15(19(20(25)26)23-22-17)9-14(16)12-7-5-11(6-8-12)13-3-1-2-4-18(13)24/h1-10,24H,(H,22,23)(H,25,26). The second-order valence-corrected chi connectivity index (χ2v) is 6.26. The molecular weight excluding hydrogens is 352 g/mol. The van der Waals surface area contributed by atoms with Crippen LogP contribution in [-0.4, -0.2) is 26.4 Å². The first kappa shape index (κ1) is 16.2. The molecule has 0 amide bonds. The van der Waals surface area contributed by atoms with Crippen LogP contribution in [0.4, 0.5) is 0 Å². The van der Waals surface area contributed by atoms with E-state index in [9.17, 15) is 15.0 Å². The van der Waals surface area contributed by atoms with E-state index in [0.29, 0.717) is 21.5 Å². The van der Waals surface area contributed by atoms with E-state index in [1.807, 2.05) is 36.4 Å². The van der Waals surface area contributed by atoms with Crippen LogP contribution in [-0.2, 0) is 0 Å². The molecule has 5 nitrogen and oxygen atoms in total. The van der Waals surface area contributed by atoms with Crippen molar-refractivity contribution in [1.29, 1.82) is 0 Å². The van der Waals surface area contributed by atoms with Crippen molar-refractivity contribution >= 4 is 28.5 Å². The summed E-state index contributed by atoms with van der Waals surface area (Å²) in [6.45, 7) is 0. The number of carboxylic acid groups (broad SMARTS) is 1. The Hall–Kier alpha value is -3.31. The highest BCUT2D eigenvalue weighted by atomic mass is 35.5. The van der Waals surface area contributed by atoms with E-state index < -0.39 is 5.97 Å². The zero-order valence-corrected chi connectivity index (χ0v) is 14.2. The SMILES string of the molecule is O=C(O)c1n[nH]c2cc(Cl)c(-c3ccc(-c4ccccc4O)cc3)cc12. The molecule has 4 aromatic rings. The number of fused-ring (bicyclic) bond motifs is 1. The lowest BCUT2D eigenvalue weighted by Crippen LogP contribution is -1.96. The van der Waals surface area contributed by atoms with Crippen molar-refractivity contribution in [3.05, 3.63) is 71.4 Å². The number of carbonyl (C=O) groups is 1. The number of phenols is 1. The second-order valence-electron chi connectivity index (χ2n) is 5.85. The molecule has 1 aromatic heterocycles. The van der Waals surface area contributed by atoms with Gasteiger partial charge in [-0.1, -0.05) is 54.1 Å². The molecule has 0 spiro atoms. The zero-order valence-electron chi connectivity index (χ0n) is 13.4. The summed E-state index contributed by atoms with van der Waals surface area (Å²) in [5.41, 5.74) is 3.70. The number of hydrogen-bond donors (Lipinski definition) is 3. The van der Waals surface area contributed by atoms with Crippen LogP contribution < -0.4 is 0 Å². The predicted molar refractivity (Wildman–Crippen MR) is 101 cm³/mol. The minimum Gasteiger partial charge on any atom is -0.507 e. The molecule has 1 heterocycles. The molecule has 128 valence electrons. The van der Waals surface area contributed by atoms with Crippen molar-refractivity contribution in [2.45, 2.75) is 0 Å². The Morgan fingerprint density at radius 3 is 2.27 bits per heavy atom. The minimum absolute atomic E-state index is 0.0382. The maximum atomic E-state index is 11.3. The monoisotopic (exact) mass is 364 g/mol. The van der Waals surface area contributed by atoms with Gasteiger partial charge in [0.2, 0.25) is 0 Å². The van der Waals surface area contributed by atoms with Crippen molar-refractivity contribution in [1.82, 2.24) is 10.2 Å². The largest absolute Gasteiger partial charge is 0.507 e. The summed E-state index contributed by atoms with van der Waals surface area (Å²) in [6.07, 6.45) is 0. The number of aromatic amines is 1. The summed E-state index contributed by atoms with van der Waals surface area (Å²) >= 11 is 6.37. The van der Waals surface area contributed by atoms with Crippen molar-refractivity contribution in [2.24, 2.45) is 0 Å². The molecule has 0 saturated carbocycles.